The van der Waals surface area contributed by atoms with Crippen molar-refractivity contribution in [2.75, 3.05) is 0 Å². The molecule has 1 N–H and O–H groups in total. The van der Waals surface area contributed by atoms with Gasteiger partial charge in [0.05, 0.1) is 0 Å². The van der Waals surface area contributed by atoms with Gasteiger partial charge in [-0.05, 0) is 12.1 Å². The van der Waals surface area contributed by atoms with E-state index in [1.165, 1.54) is 0 Å². The van der Waals surface area contributed by atoms with Crippen LogP contribution in [0, 0.1) is 0 Å². The molecule has 0 heterocycles. The third-order valence-electron chi connectivity index (χ3n) is 0.756. The summed E-state index contributed by atoms with van der Waals surface area (Å²) in [7, 11) is 9.71. The van der Waals surface area contributed by atoms with Crippen LogP contribution in [0.25, 0.3) is 0 Å². The molecule has 1 nitrogen and oxygen atoms in total. The normalized spacial score (nSPS) is 8.20. The van der Waals surface area contributed by atoms with E-state index in [9.17, 15) is 0 Å². The van der Waals surface area contributed by atoms with Crippen LogP contribution in [-0.2, 0) is 15.1 Å². The molecule has 0 spiro atoms. The van der Waals surface area contributed by atoms with E-state index in [0.717, 1.165) is 0 Å². The van der Waals surface area contributed by atoms with Gasteiger partial charge < -0.3 is 5.11 Å². The second-order valence-electron chi connectivity index (χ2n) is 1.39. The molecule has 0 radical (unpaired) electrons. The molecule has 0 saturated heterocycles. The maximum atomic E-state index is 8.63. The summed E-state index contributed by atoms with van der Waals surface area (Å²) < 4.78 is 0. The Hall–Kier alpha value is 0.223. The van der Waals surface area contributed by atoms with Crippen LogP contribution in [0.5, 0.6) is 5.75 Å². The Kier molecular flexibility index (Phi) is 7.50. The molecule has 1 rings (SSSR count). The minimum atomic E-state index is -0.346. The van der Waals surface area contributed by atoms with E-state index in [2.05, 4.69) is 0 Å². The van der Waals surface area contributed by atoms with E-state index < -0.39 is 0 Å². The zero-order valence-corrected chi connectivity index (χ0v) is 8.19. The van der Waals surface area contributed by atoms with Gasteiger partial charge in [0.2, 0.25) is 0 Å². The minimum absolute atomic E-state index is 0.322. The summed E-state index contributed by atoms with van der Waals surface area (Å²) in [5, 5.41) is 8.63. The Morgan fingerprint density at radius 2 is 1.50 bits per heavy atom. The molecule has 0 aliphatic rings. The topological polar surface area (TPSA) is 20.2 Å². The molecule has 58 valence electrons. The van der Waals surface area contributed by atoms with E-state index in [-0.39, 0.29) is 15.1 Å². The Bertz CT molecular complexity index is 157. The Balaban J connectivity index is 0.000000236. The van der Waals surface area contributed by atoms with Crippen molar-refractivity contribution in [2.45, 2.75) is 0 Å². The van der Waals surface area contributed by atoms with Crippen LogP contribution >= 0.6 is 19.4 Å². The van der Waals surface area contributed by atoms with Gasteiger partial charge in [0.1, 0.15) is 5.75 Å². The van der Waals surface area contributed by atoms with E-state index in [4.69, 9.17) is 24.5 Å². The quantitative estimate of drug-likeness (QED) is 0.716. The van der Waals surface area contributed by atoms with Crippen molar-refractivity contribution in [1.29, 1.82) is 0 Å². The number of hydrogen-bond donors (Lipinski definition) is 1. The molecule has 1 aromatic rings. The van der Waals surface area contributed by atoms with Crippen LogP contribution in [0.4, 0.5) is 0 Å². The number of phenolic OH excluding ortho intramolecular Hbond substituents is 1. The molecular weight excluding hydrogens is 260 g/mol. The van der Waals surface area contributed by atoms with Crippen LogP contribution in [0.1, 0.15) is 0 Å². The van der Waals surface area contributed by atoms with Gasteiger partial charge in [-0.3, -0.25) is 0 Å². The van der Waals surface area contributed by atoms with Crippen molar-refractivity contribution < 1.29 is 20.3 Å². The van der Waals surface area contributed by atoms with Crippen LogP contribution in [0.2, 0.25) is 0 Å². The monoisotopic (exact) mass is 266 g/mol. The van der Waals surface area contributed by atoms with Crippen molar-refractivity contribution >= 4 is 19.4 Å². The average molecular weight is 266 g/mol. The Morgan fingerprint density at radius 1 is 1.10 bits per heavy atom. The van der Waals surface area contributed by atoms with Crippen molar-refractivity contribution in [3.05, 3.63) is 30.3 Å². The first-order valence-corrected chi connectivity index (χ1v) is 6.88. The molecule has 0 unspecified atom stereocenters. The first-order chi connectivity index (χ1) is 4.81. The zero-order chi connectivity index (χ0) is 7.82. The molecule has 0 atom stereocenters. The SMILES string of the molecule is Oc1ccccc1.[Cl][Ru][Cl]. The number of halogens is 2. The average Bonchev–Trinajstić information content (AvgIpc) is 1.91. The Morgan fingerprint density at radius 3 is 1.70 bits per heavy atom. The molecule has 0 fully saturated rings. The van der Waals surface area contributed by atoms with Crippen LogP contribution in [0.15, 0.2) is 30.3 Å². The van der Waals surface area contributed by atoms with Gasteiger partial charge in [-0.25, -0.2) is 0 Å². The number of phenols is 1. The van der Waals surface area contributed by atoms with Gasteiger partial charge in [-0.15, -0.1) is 0 Å². The van der Waals surface area contributed by atoms with Gasteiger partial charge in [-0.1, -0.05) is 18.2 Å². The second-order valence-corrected chi connectivity index (χ2v) is 4.02. The first-order valence-electron chi connectivity index (χ1n) is 2.40. The Labute approximate surface area is 75.7 Å². The molecule has 0 aliphatic carbocycles. The van der Waals surface area contributed by atoms with Crippen molar-refractivity contribution in [3.63, 3.8) is 0 Å². The summed E-state index contributed by atoms with van der Waals surface area (Å²) in [6, 6.07) is 8.71. The van der Waals surface area contributed by atoms with Gasteiger partial charge in [0, 0.05) is 0 Å². The zero-order valence-electron chi connectivity index (χ0n) is 4.94. The molecule has 0 aliphatic heterocycles. The summed E-state index contributed by atoms with van der Waals surface area (Å²) in [5.74, 6) is 0.322. The molecule has 0 saturated carbocycles. The number of para-hydroxylation sites is 1. The van der Waals surface area contributed by atoms with E-state index in [0.29, 0.717) is 5.75 Å². The van der Waals surface area contributed by atoms with Crippen LogP contribution in [-0.4, -0.2) is 5.11 Å². The molecule has 0 aromatic heterocycles. The predicted molar refractivity (Wildman–Crippen MR) is 39.8 cm³/mol. The predicted octanol–water partition coefficient (Wildman–Crippen LogP) is 2.77. The van der Waals surface area contributed by atoms with E-state index in [1.807, 2.05) is 6.07 Å². The fourth-order valence-corrected chi connectivity index (χ4v) is 0.428. The van der Waals surface area contributed by atoms with E-state index in [1.54, 1.807) is 24.3 Å². The van der Waals surface area contributed by atoms with Crippen molar-refractivity contribution in [3.8, 4) is 5.75 Å². The van der Waals surface area contributed by atoms with Gasteiger partial charge >= 0.3 is 34.5 Å². The third-order valence-corrected chi connectivity index (χ3v) is 0.756. The van der Waals surface area contributed by atoms with Gasteiger partial charge in [-0.2, -0.15) is 0 Å². The summed E-state index contributed by atoms with van der Waals surface area (Å²) in [4.78, 5) is 0. The standard InChI is InChI=1S/C6H6O.2ClH.Ru/c7-6-4-2-1-3-5-6;;;/h1-5,7H;2*1H;/q;;;+2/p-2. The summed E-state index contributed by atoms with van der Waals surface area (Å²) in [5.41, 5.74) is 0. The molecule has 1 aromatic carbocycles. The molecule has 10 heavy (non-hydrogen) atoms. The number of aromatic hydroxyl groups is 1. The van der Waals surface area contributed by atoms with Gasteiger partial charge in [0.25, 0.3) is 0 Å². The number of benzene rings is 1. The number of hydrogen-bond acceptors (Lipinski definition) is 1. The summed E-state index contributed by atoms with van der Waals surface area (Å²) in [6.45, 7) is 0. The summed E-state index contributed by atoms with van der Waals surface area (Å²) >= 11 is -0.346. The maximum absolute atomic E-state index is 8.63. The molecule has 4 heteroatoms. The van der Waals surface area contributed by atoms with Crippen molar-refractivity contribution in [2.24, 2.45) is 0 Å². The van der Waals surface area contributed by atoms with Crippen LogP contribution < -0.4 is 0 Å². The molecule has 0 bridgehead atoms. The molecule has 0 amide bonds. The van der Waals surface area contributed by atoms with E-state index >= 15 is 0 Å². The van der Waals surface area contributed by atoms with Crippen molar-refractivity contribution in [1.82, 2.24) is 0 Å². The second kappa shape index (κ2) is 7.33. The first kappa shape index (κ1) is 10.2. The van der Waals surface area contributed by atoms with Crippen LogP contribution in [0.3, 0.4) is 0 Å². The van der Waals surface area contributed by atoms with Gasteiger partial charge in [0.15, 0.2) is 0 Å². The summed E-state index contributed by atoms with van der Waals surface area (Å²) in [6.07, 6.45) is 0. The fraction of sp³-hybridized carbons (Fsp3) is 0. The fourth-order valence-electron chi connectivity index (χ4n) is 0.428. The third kappa shape index (κ3) is 6.34. The molecular formula is C6H6Cl2ORu. The number of rotatable bonds is 0.